The summed E-state index contributed by atoms with van der Waals surface area (Å²) in [5.41, 5.74) is 1.40. The van der Waals surface area contributed by atoms with Crippen molar-refractivity contribution in [3.8, 4) is 5.75 Å². The van der Waals surface area contributed by atoms with E-state index in [1.165, 1.54) is 19.8 Å². The Hall–Kier alpha value is -1.72. The Bertz CT molecular complexity index is 620. The van der Waals surface area contributed by atoms with Crippen molar-refractivity contribution in [2.75, 3.05) is 13.2 Å². The quantitative estimate of drug-likeness (QED) is 0.584. The van der Waals surface area contributed by atoms with Gasteiger partial charge in [-0.1, -0.05) is 30.3 Å². The van der Waals surface area contributed by atoms with Crippen molar-refractivity contribution in [2.24, 2.45) is 0 Å². The number of carbonyl (C=O) groups excluding carboxylic acids is 1. The van der Waals surface area contributed by atoms with Gasteiger partial charge < -0.3 is 9.47 Å². The van der Waals surface area contributed by atoms with Gasteiger partial charge in [0.25, 0.3) is 0 Å². The first-order chi connectivity index (χ1) is 11.2. The molecule has 1 saturated heterocycles. The lowest BCUT2D eigenvalue weighted by atomic mass is 10.2. The summed E-state index contributed by atoms with van der Waals surface area (Å²) in [5, 5.41) is 0. The van der Waals surface area contributed by atoms with Gasteiger partial charge in [0.15, 0.2) is 5.78 Å². The van der Waals surface area contributed by atoms with Gasteiger partial charge >= 0.3 is 0 Å². The molecule has 0 spiro atoms. The van der Waals surface area contributed by atoms with E-state index in [2.05, 4.69) is 20.9 Å². The largest absolute Gasteiger partial charge is 0.487 e. The number of halogens is 1. The molecule has 5 heteroatoms. The lowest BCUT2D eigenvalue weighted by Crippen LogP contribution is -2.04. The summed E-state index contributed by atoms with van der Waals surface area (Å²) in [4.78, 5) is 15.6. The smallest absolute Gasteiger partial charge is 0.181 e. The second-order valence-corrected chi connectivity index (χ2v) is 5.94. The fourth-order valence-electron chi connectivity index (χ4n) is 2.04. The minimum absolute atomic E-state index is 0.112. The summed E-state index contributed by atoms with van der Waals surface area (Å²) in [6.45, 7) is 3.90. The standard InChI is InChI=1S/C14H12BrNO2.C4H8O/c1-10(17)14-12(7-8-13(15)16-14)18-9-11-5-3-2-4-6-11;1-2-4-5-3-1/h2-8H,9H2,1H3;1-4H2. The van der Waals surface area contributed by atoms with Crippen molar-refractivity contribution < 1.29 is 14.3 Å². The Morgan fingerprint density at radius 1 is 1.17 bits per heavy atom. The Morgan fingerprint density at radius 2 is 1.87 bits per heavy atom. The first-order valence-electron chi connectivity index (χ1n) is 7.59. The van der Waals surface area contributed by atoms with Gasteiger partial charge in [-0.2, -0.15) is 0 Å². The fraction of sp³-hybridized carbons (Fsp3) is 0.333. The predicted octanol–water partition coefficient (Wildman–Crippen LogP) is 4.42. The number of ketones is 1. The van der Waals surface area contributed by atoms with Gasteiger partial charge in [0.05, 0.1) is 0 Å². The highest BCUT2D eigenvalue weighted by Crippen LogP contribution is 2.21. The summed E-state index contributed by atoms with van der Waals surface area (Å²) in [5.74, 6) is 0.397. The third kappa shape index (κ3) is 6.12. The number of nitrogens with zero attached hydrogens (tertiary/aromatic N) is 1. The van der Waals surface area contributed by atoms with Crippen LogP contribution in [0.15, 0.2) is 47.1 Å². The molecule has 2 heterocycles. The number of hydrogen-bond donors (Lipinski definition) is 0. The Kier molecular flexibility index (Phi) is 7.23. The molecule has 1 fully saturated rings. The molecule has 1 aromatic carbocycles. The van der Waals surface area contributed by atoms with E-state index in [-0.39, 0.29) is 5.78 Å². The molecule has 0 amide bonds. The molecule has 2 aromatic rings. The van der Waals surface area contributed by atoms with Crippen molar-refractivity contribution in [1.29, 1.82) is 0 Å². The number of rotatable bonds is 4. The van der Waals surface area contributed by atoms with Crippen LogP contribution in [0.3, 0.4) is 0 Å². The monoisotopic (exact) mass is 377 g/mol. The Labute approximate surface area is 145 Å². The molecule has 0 N–H and O–H groups in total. The van der Waals surface area contributed by atoms with Crippen molar-refractivity contribution in [3.63, 3.8) is 0 Å². The molecule has 0 radical (unpaired) electrons. The third-order valence-corrected chi connectivity index (χ3v) is 3.66. The zero-order chi connectivity index (χ0) is 16.5. The highest BCUT2D eigenvalue weighted by atomic mass is 79.9. The molecule has 0 atom stereocenters. The minimum atomic E-state index is -0.112. The summed E-state index contributed by atoms with van der Waals surface area (Å²) in [6.07, 6.45) is 2.56. The molecule has 0 saturated carbocycles. The number of aromatic nitrogens is 1. The molecule has 4 nitrogen and oxygen atoms in total. The molecule has 1 aliphatic rings. The lowest BCUT2D eigenvalue weighted by Gasteiger charge is -2.09. The second kappa shape index (κ2) is 9.43. The zero-order valence-electron chi connectivity index (χ0n) is 13.1. The molecule has 23 heavy (non-hydrogen) atoms. The number of pyridine rings is 1. The van der Waals surface area contributed by atoms with Gasteiger partial charge in [-0.25, -0.2) is 4.98 Å². The maximum Gasteiger partial charge on any atom is 0.181 e. The average Bonchev–Trinajstić information content (AvgIpc) is 3.14. The molecule has 0 aliphatic carbocycles. The van der Waals surface area contributed by atoms with E-state index >= 15 is 0 Å². The molecule has 1 aliphatic heterocycles. The van der Waals surface area contributed by atoms with E-state index < -0.39 is 0 Å². The molecule has 1 aromatic heterocycles. The van der Waals surface area contributed by atoms with Crippen molar-refractivity contribution in [1.82, 2.24) is 4.98 Å². The number of hydrogen-bond acceptors (Lipinski definition) is 4. The molecule has 3 rings (SSSR count). The summed E-state index contributed by atoms with van der Waals surface area (Å²) >= 11 is 3.24. The van der Waals surface area contributed by atoms with Gasteiger partial charge in [-0.3, -0.25) is 4.79 Å². The van der Waals surface area contributed by atoms with Crippen LogP contribution < -0.4 is 4.74 Å². The van der Waals surface area contributed by atoms with Crippen molar-refractivity contribution in [2.45, 2.75) is 26.4 Å². The van der Waals surface area contributed by atoms with Gasteiger partial charge in [-0.05, 0) is 46.5 Å². The number of carbonyl (C=O) groups is 1. The number of Topliss-reactive ketones (excluding diaryl/α,β-unsaturated/α-hetero) is 1. The van der Waals surface area contributed by atoms with Crippen LogP contribution in [0.1, 0.15) is 35.8 Å². The molecule has 0 bridgehead atoms. The van der Waals surface area contributed by atoms with Gasteiger partial charge in [0, 0.05) is 20.1 Å². The van der Waals surface area contributed by atoms with Gasteiger partial charge in [0.1, 0.15) is 22.7 Å². The van der Waals surface area contributed by atoms with E-state index in [0.29, 0.717) is 22.7 Å². The van der Waals surface area contributed by atoms with Crippen LogP contribution in [0.2, 0.25) is 0 Å². The maximum atomic E-state index is 11.5. The summed E-state index contributed by atoms with van der Waals surface area (Å²) < 4.78 is 11.2. The van der Waals surface area contributed by atoms with Crippen molar-refractivity contribution >= 4 is 21.7 Å². The van der Waals surface area contributed by atoms with Crippen LogP contribution in [0.4, 0.5) is 0 Å². The average molecular weight is 378 g/mol. The highest BCUT2D eigenvalue weighted by Gasteiger charge is 2.11. The SMILES string of the molecule is C1CCOC1.CC(=O)c1nc(Br)ccc1OCc1ccccc1. The normalized spacial score (nSPS) is 13.1. The van der Waals surface area contributed by atoms with Crippen LogP contribution in [-0.4, -0.2) is 24.0 Å². The van der Waals surface area contributed by atoms with Crippen molar-refractivity contribution in [3.05, 3.63) is 58.3 Å². The zero-order valence-corrected chi connectivity index (χ0v) is 14.7. The molecule has 122 valence electrons. The maximum absolute atomic E-state index is 11.5. The highest BCUT2D eigenvalue weighted by molar-refractivity contribution is 9.10. The first kappa shape index (κ1) is 17.6. The topological polar surface area (TPSA) is 48.4 Å². The van der Waals surface area contributed by atoms with E-state index in [4.69, 9.17) is 9.47 Å². The van der Waals surface area contributed by atoms with Gasteiger partial charge in [0.2, 0.25) is 0 Å². The minimum Gasteiger partial charge on any atom is -0.487 e. The van der Waals surface area contributed by atoms with Crippen LogP contribution in [0.5, 0.6) is 5.75 Å². The summed E-state index contributed by atoms with van der Waals surface area (Å²) in [7, 11) is 0. The predicted molar refractivity (Wildman–Crippen MR) is 92.8 cm³/mol. The van der Waals surface area contributed by atoms with E-state index in [0.717, 1.165) is 18.8 Å². The number of benzene rings is 1. The third-order valence-electron chi connectivity index (χ3n) is 3.22. The lowest BCUT2D eigenvalue weighted by molar-refractivity contribution is 0.100. The van der Waals surface area contributed by atoms with Crippen LogP contribution >= 0.6 is 15.9 Å². The van der Waals surface area contributed by atoms with E-state index in [9.17, 15) is 4.79 Å². The number of ether oxygens (including phenoxy) is 2. The van der Waals surface area contributed by atoms with E-state index in [1.807, 2.05) is 30.3 Å². The Morgan fingerprint density at radius 3 is 2.43 bits per heavy atom. The van der Waals surface area contributed by atoms with Crippen LogP contribution in [0, 0.1) is 0 Å². The fourth-order valence-corrected chi connectivity index (χ4v) is 2.35. The first-order valence-corrected chi connectivity index (χ1v) is 8.38. The summed E-state index contributed by atoms with van der Waals surface area (Å²) in [6, 6.07) is 13.3. The molecule has 0 unspecified atom stereocenters. The molecular weight excluding hydrogens is 358 g/mol. The Balaban J connectivity index is 0.000000326. The van der Waals surface area contributed by atoms with Crippen LogP contribution in [-0.2, 0) is 11.3 Å². The van der Waals surface area contributed by atoms with E-state index in [1.54, 1.807) is 12.1 Å². The van der Waals surface area contributed by atoms with Crippen LogP contribution in [0.25, 0.3) is 0 Å². The van der Waals surface area contributed by atoms with Gasteiger partial charge in [-0.15, -0.1) is 0 Å². The molecular formula is C18H20BrNO3. The second-order valence-electron chi connectivity index (χ2n) is 5.13.